The van der Waals surface area contributed by atoms with E-state index in [1.807, 2.05) is 0 Å². The van der Waals surface area contributed by atoms with Crippen molar-refractivity contribution in [2.24, 2.45) is 11.1 Å². The molecule has 1 rings (SSSR count). The number of nitrogens with one attached hydrogen (secondary N) is 1. The molecule has 1 amide bonds. The largest absolute Gasteiger partial charge is 0.341 e. The monoisotopic (exact) mass is 356 g/mol. The molecule has 9 heteroatoms. The highest BCUT2D eigenvalue weighted by Crippen LogP contribution is 2.23. The van der Waals surface area contributed by atoms with E-state index >= 15 is 0 Å². The smallest absolute Gasteiger partial charge is 0.325 e. The third kappa shape index (κ3) is 4.89. The zero-order valence-corrected chi connectivity index (χ0v) is 14.0. The summed E-state index contributed by atoms with van der Waals surface area (Å²) in [6.45, 7) is 5.32. The van der Waals surface area contributed by atoms with Gasteiger partial charge in [-0.1, -0.05) is 26.8 Å². The van der Waals surface area contributed by atoms with Crippen LogP contribution in [0, 0.1) is 5.41 Å². The Morgan fingerprint density at radius 1 is 1.27 bits per heavy atom. The number of rotatable bonds is 4. The Kier molecular flexibility index (Phi) is 6.93. The summed E-state index contributed by atoms with van der Waals surface area (Å²) in [5, 5.41) is 2.43. The fraction of sp³-hybridized carbons (Fsp3) is 0.462. The van der Waals surface area contributed by atoms with Crippen LogP contribution in [-0.2, 0) is 14.6 Å². The quantitative estimate of drug-likeness (QED) is 0.867. The van der Waals surface area contributed by atoms with Crippen LogP contribution in [0.15, 0.2) is 29.2 Å². The lowest BCUT2D eigenvalue weighted by Gasteiger charge is -2.25. The Morgan fingerprint density at radius 2 is 1.82 bits per heavy atom. The Balaban J connectivity index is 0.00000441. The van der Waals surface area contributed by atoms with Gasteiger partial charge in [0.15, 0.2) is 0 Å². The molecule has 0 aliphatic carbocycles. The Labute approximate surface area is 134 Å². The number of amides is 1. The van der Waals surface area contributed by atoms with Crippen LogP contribution in [0.4, 0.5) is 14.5 Å². The summed E-state index contributed by atoms with van der Waals surface area (Å²) in [7, 11) is -4.70. The molecule has 0 radical (unpaired) electrons. The number of hydrogen-bond acceptors (Lipinski definition) is 4. The predicted octanol–water partition coefficient (Wildman–Crippen LogP) is 2.42. The van der Waals surface area contributed by atoms with Gasteiger partial charge < -0.3 is 11.1 Å². The molecule has 1 atom stereocenters. The highest BCUT2D eigenvalue weighted by atomic mass is 35.5. The minimum Gasteiger partial charge on any atom is -0.325 e. The molecule has 0 saturated carbocycles. The van der Waals surface area contributed by atoms with Crippen LogP contribution < -0.4 is 11.1 Å². The van der Waals surface area contributed by atoms with Gasteiger partial charge in [0.25, 0.3) is 0 Å². The van der Waals surface area contributed by atoms with Gasteiger partial charge in [-0.15, -0.1) is 12.4 Å². The number of nitrogens with two attached hydrogens (primary N) is 1. The number of carbonyl (C=O) groups excluding carboxylic acids is 1. The average molecular weight is 357 g/mol. The molecule has 0 fully saturated rings. The van der Waals surface area contributed by atoms with E-state index in [0.717, 1.165) is 12.1 Å². The van der Waals surface area contributed by atoms with Gasteiger partial charge in [-0.25, -0.2) is 8.42 Å². The fourth-order valence-electron chi connectivity index (χ4n) is 1.47. The van der Waals surface area contributed by atoms with E-state index in [0.29, 0.717) is 0 Å². The van der Waals surface area contributed by atoms with Crippen LogP contribution in [0.5, 0.6) is 0 Å². The first kappa shape index (κ1) is 20.8. The first-order chi connectivity index (χ1) is 9.46. The second-order valence-electron chi connectivity index (χ2n) is 5.67. The summed E-state index contributed by atoms with van der Waals surface area (Å²) in [5.41, 5.74) is 5.37. The summed E-state index contributed by atoms with van der Waals surface area (Å²) in [5.74, 6) is -4.03. The first-order valence-electron chi connectivity index (χ1n) is 6.15. The topological polar surface area (TPSA) is 89.3 Å². The zero-order valence-electron chi connectivity index (χ0n) is 12.3. The van der Waals surface area contributed by atoms with Crippen molar-refractivity contribution in [3.63, 3.8) is 0 Å². The van der Waals surface area contributed by atoms with E-state index in [9.17, 15) is 22.0 Å². The molecule has 0 aromatic heterocycles. The van der Waals surface area contributed by atoms with Crippen molar-refractivity contribution in [2.45, 2.75) is 37.5 Å². The average Bonchev–Trinajstić information content (AvgIpc) is 2.36. The first-order valence-corrected chi connectivity index (χ1v) is 7.69. The maximum Gasteiger partial charge on any atom is 0.341 e. The molecule has 0 aliphatic heterocycles. The normalized spacial score (nSPS) is 13.4. The van der Waals surface area contributed by atoms with E-state index < -0.39 is 37.9 Å². The van der Waals surface area contributed by atoms with Gasteiger partial charge in [-0.2, -0.15) is 8.78 Å². The number of alkyl halides is 2. The van der Waals surface area contributed by atoms with Crippen LogP contribution in [-0.4, -0.2) is 26.1 Å². The lowest BCUT2D eigenvalue weighted by atomic mass is 9.87. The highest BCUT2D eigenvalue weighted by molar-refractivity contribution is 7.91. The molecule has 0 saturated heterocycles. The molecular formula is C13H19ClF2N2O3S. The van der Waals surface area contributed by atoms with Crippen LogP contribution >= 0.6 is 12.4 Å². The van der Waals surface area contributed by atoms with Crippen LogP contribution in [0.25, 0.3) is 0 Å². The minimum atomic E-state index is -4.70. The van der Waals surface area contributed by atoms with Crippen LogP contribution in [0.2, 0.25) is 0 Å². The van der Waals surface area contributed by atoms with E-state index in [1.165, 1.54) is 12.1 Å². The van der Waals surface area contributed by atoms with Crippen molar-refractivity contribution in [1.29, 1.82) is 0 Å². The number of halogens is 3. The maximum absolute atomic E-state index is 12.5. The number of anilines is 1. The predicted molar refractivity (Wildman–Crippen MR) is 82.9 cm³/mol. The van der Waals surface area contributed by atoms with Crippen molar-refractivity contribution >= 4 is 33.8 Å². The minimum absolute atomic E-state index is 0. The number of benzene rings is 1. The van der Waals surface area contributed by atoms with Gasteiger partial charge >= 0.3 is 5.76 Å². The van der Waals surface area contributed by atoms with Gasteiger partial charge in [0.05, 0.1) is 10.9 Å². The van der Waals surface area contributed by atoms with Crippen LogP contribution in [0.3, 0.4) is 0 Å². The number of hydrogen-bond donors (Lipinski definition) is 2. The van der Waals surface area contributed by atoms with Gasteiger partial charge in [-0.3, -0.25) is 4.79 Å². The lowest BCUT2D eigenvalue weighted by molar-refractivity contribution is -0.119. The van der Waals surface area contributed by atoms with E-state index in [2.05, 4.69) is 5.32 Å². The SMILES string of the molecule is CC(C)(C)[C@H](N)C(=O)Nc1cccc(S(=O)(=O)C(F)F)c1.Cl. The van der Waals surface area contributed by atoms with E-state index in [4.69, 9.17) is 5.73 Å². The molecule has 1 aromatic rings. The van der Waals surface area contributed by atoms with Crippen molar-refractivity contribution in [1.82, 2.24) is 0 Å². The Bertz CT molecular complexity index is 630. The summed E-state index contributed by atoms with van der Waals surface area (Å²) >= 11 is 0. The third-order valence-corrected chi connectivity index (χ3v) is 4.26. The van der Waals surface area contributed by atoms with Crippen LogP contribution in [0.1, 0.15) is 20.8 Å². The molecule has 0 bridgehead atoms. The fourth-order valence-corrected chi connectivity index (χ4v) is 2.23. The zero-order chi connectivity index (χ0) is 16.4. The van der Waals surface area contributed by atoms with Gasteiger partial charge in [-0.05, 0) is 23.6 Å². The van der Waals surface area contributed by atoms with Crippen molar-refractivity contribution in [2.75, 3.05) is 5.32 Å². The molecule has 0 heterocycles. The molecule has 22 heavy (non-hydrogen) atoms. The molecule has 5 nitrogen and oxygen atoms in total. The molecule has 0 unspecified atom stereocenters. The second-order valence-corrected chi connectivity index (χ2v) is 7.58. The lowest BCUT2D eigenvalue weighted by Crippen LogP contribution is -2.45. The summed E-state index contributed by atoms with van der Waals surface area (Å²) in [6.07, 6.45) is 0. The summed E-state index contributed by atoms with van der Waals surface area (Å²) < 4.78 is 47.7. The molecule has 126 valence electrons. The molecule has 1 aromatic carbocycles. The summed E-state index contributed by atoms with van der Waals surface area (Å²) in [4.78, 5) is 11.4. The van der Waals surface area contributed by atoms with Crippen molar-refractivity contribution in [3.8, 4) is 0 Å². The third-order valence-electron chi connectivity index (χ3n) is 2.88. The van der Waals surface area contributed by atoms with Gasteiger partial charge in [0.2, 0.25) is 15.7 Å². The summed E-state index contributed by atoms with van der Waals surface area (Å²) in [6, 6.07) is 3.87. The number of sulfone groups is 1. The molecule has 3 N–H and O–H groups in total. The molecule has 0 aliphatic rings. The Hall–Kier alpha value is -1.25. The Morgan fingerprint density at radius 3 is 2.27 bits per heavy atom. The standard InChI is InChI=1S/C13H18F2N2O3S.ClH/c1-13(2,3)10(16)11(18)17-8-5-4-6-9(7-8)21(19,20)12(14)15;/h4-7,10,12H,16H2,1-3H3,(H,17,18);1H/t10-;/m1./s1. The second kappa shape index (κ2) is 7.34. The van der Waals surface area contributed by atoms with Gasteiger partial charge in [0, 0.05) is 5.69 Å². The van der Waals surface area contributed by atoms with E-state index in [-0.39, 0.29) is 18.1 Å². The van der Waals surface area contributed by atoms with Gasteiger partial charge in [0.1, 0.15) is 0 Å². The van der Waals surface area contributed by atoms with Crippen molar-refractivity contribution < 1.29 is 22.0 Å². The van der Waals surface area contributed by atoms with E-state index in [1.54, 1.807) is 20.8 Å². The molecule has 0 spiro atoms. The maximum atomic E-state index is 12.5. The molecular weight excluding hydrogens is 338 g/mol. The highest BCUT2D eigenvalue weighted by Gasteiger charge is 2.29. The van der Waals surface area contributed by atoms with Crippen molar-refractivity contribution in [3.05, 3.63) is 24.3 Å². The number of carbonyl (C=O) groups is 1.